The average molecular weight is 332 g/mol. The van der Waals surface area contributed by atoms with Crippen molar-refractivity contribution >= 4 is 17.5 Å². The van der Waals surface area contributed by atoms with Gasteiger partial charge in [-0.05, 0) is 68.1 Å². The molecule has 1 atom stereocenters. The van der Waals surface area contributed by atoms with Gasteiger partial charge in [0.2, 0.25) is 0 Å². The Kier molecular flexibility index (Phi) is 5.67. The molecule has 2 aromatic carbocycles. The molecule has 1 N–H and O–H groups in total. The minimum atomic E-state index is -0.150. The molecular weight excluding hydrogens is 310 g/mol. The van der Waals surface area contributed by atoms with E-state index in [4.69, 9.17) is 16.3 Å². The first-order chi connectivity index (χ1) is 10.9. The van der Waals surface area contributed by atoms with Crippen molar-refractivity contribution in [3.63, 3.8) is 0 Å². The summed E-state index contributed by atoms with van der Waals surface area (Å²) in [4.78, 5) is 12.0. The molecule has 2 rings (SSSR count). The van der Waals surface area contributed by atoms with Crippen LogP contribution in [0.3, 0.4) is 0 Å². The number of hydrogen-bond acceptors (Lipinski definition) is 2. The highest BCUT2D eigenvalue weighted by Crippen LogP contribution is 2.21. The van der Waals surface area contributed by atoms with E-state index in [0.29, 0.717) is 10.8 Å². The molecule has 0 aliphatic rings. The maximum Gasteiger partial charge on any atom is 0.258 e. The van der Waals surface area contributed by atoms with Gasteiger partial charge in [0.15, 0.2) is 6.61 Å². The molecular formula is C19H22ClNO2. The zero-order chi connectivity index (χ0) is 17.0. The van der Waals surface area contributed by atoms with Crippen molar-refractivity contribution in [1.29, 1.82) is 0 Å². The highest BCUT2D eigenvalue weighted by molar-refractivity contribution is 6.31. The molecule has 0 aromatic heterocycles. The topological polar surface area (TPSA) is 38.3 Å². The van der Waals surface area contributed by atoms with Crippen molar-refractivity contribution in [3.05, 3.63) is 63.7 Å². The number of aryl methyl sites for hydroxylation is 3. The molecule has 122 valence electrons. The Morgan fingerprint density at radius 1 is 1.09 bits per heavy atom. The molecule has 0 fully saturated rings. The van der Waals surface area contributed by atoms with Crippen molar-refractivity contribution in [3.8, 4) is 5.75 Å². The molecule has 23 heavy (non-hydrogen) atoms. The van der Waals surface area contributed by atoms with Gasteiger partial charge in [0, 0.05) is 5.02 Å². The normalized spacial score (nSPS) is 11.9. The number of benzene rings is 2. The first-order valence-corrected chi connectivity index (χ1v) is 8.00. The summed E-state index contributed by atoms with van der Waals surface area (Å²) in [5.41, 5.74) is 4.47. The van der Waals surface area contributed by atoms with Crippen LogP contribution in [0.15, 0.2) is 36.4 Å². The second-order valence-electron chi connectivity index (χ2n) is 5.83. The molecule has 0 unspecified atom stereocenters. The SMILES string of the molecule is Cc1ccc([C@@H](C)NC(=O)COc2ccc(Cl)c(C)c2)cc1C. The van der Waals surface area contributed by atoms with Gasteiger partial charge in [-0.15, -0.1) is 0 Å². The number of carbonyl (C=O) groups is 1. The third-order valence-corrected chi connectivity index (χ3v) is 4.33. The van der Waals surface area contributed by atoms with Crippen LogP contribution in [0.2, 0.25) is 5.02 Å². The highest BCUT2D eigenvalue weighted by atomic mass is 35.5. The van der Waals surface area contributed by atoms with Crippen molar-refractivity contribution in [2.75, 3.05) is 6.61 Å². The Balaban J connectivity index is 1.90. The number of hydrogen-bond donors (Lipinski definition) is 1. The predicted molar refractivity (Wildman–Crippen MR) is 94.2 cm³/mol. The van der Waals surface area contributed by atoms with Crippen LogP contribution in [0.1, 0.15) is 35.2 Å². The second kappa shape index (κ2) is 7.51. The Labute approximate surface area is 142 Å². The van der Waals surface area contributed by atoms with Gasteiger partial charge in [-0.1, -0.05) is 29.8 Å². The van der Waals surface area contributed by atoms with Crippen molar-refractivity contribution in [2.45, 2.75) is 33.7 Å². The van der Waals surface area contributed by atoms with Crippen LogP contribution < -0.4 is 10.1 Å². The van der Waals surface area contributed by atoms with E-state index in [1.54, 1.807) is 12.1 Å². The van der Waals surface area contributed by atoms with Crippen molar-refractivity contribution in [2.24, 2.45) is 0 Å². The second-order valence-corrected chi connectivity index (χ2v) is 6.24. The van der Waals surface area contributed by atoms with E-state index < -0.39 is 0 Å². The van der Waals surface area contributed by atoms with Crippen LogP contribution in [0, 0.1) is 20.8 Å². The Morgan fingerprint density at radius 3 is 2.48 bits per heavy atom. The van der Waals surface area contributed by atoms with E-state index in [0.717, 1.165) is 11.1 Å². The summed E-state index contributed by atoms with van der Waals surface area (Å²) in [6.45, 7) is 7.99. The smallest absolute Gasteiger partial charge is 0.258 e. The summed E-state index contributed by atoms with van der Waals surface area (Å²) in [5.74, 6) is 0.490. The summed E-state index contributed by atoms with van der Waals surface area (Å²) in [6, 6.07) is 11.5. The van der Waals surface area contributed by atoms with Gasteiger partial charge < -0.3 is 10.1 Å². The molecule has 0 saturated carbocycles. The fourth-order valence-electron chi connectivity index (χ4n) is 2.26. The quantitative estimate of drug-likeness (QED) is 0.874. The molecule has 4 heteroatoms. The zero-order valence-corrected chi connectivity index (χ0v) is 14.7. The van der Waals surface area contributed by atoms with E-state index in [9.17, 15) is 4.79 Å². The number of carbonyl (C=O) groups excluding carboxylic acids is 1. The predicted octanol–water partition coefficient (Wildman–Crippen LogP) is 4.52. The van der Waals surface area contributed by atoms with Crippen LogP contribution in [-0.4, -0.2) is 12.5 Å². The molecule has 3 nitrogen and oxygen atoms in total. The van der Waals surface area contributed by atoms with Crippen LogP contribution >= 0.6 is 11.6 Å². The van der Waals surface area contributed by atoms with E-state index >= 15 is 0 Å². The molecule has 0 radical (unpaired) electrons. The van der Waals surface area contributed by atoms with Gasteiger partial charge in [-0.25, -0.2) is 0 Å². The lowest BCUT2D eigenvalue weighted by Gasteiger charge is -2.16. The van der Waals surface area contributed by atoms with Crippen LogP contribution in [0.5, 0.6) is 5.75 Å². The van der Waals surface area contributed by atoms with Gasteiger partial charge >= 0.3 is 0 Å². The average Bonchev–Trinajstić information content (AvgIpc) is 2.51. The summed E-state index contributed by atoms with van der Waals surface area (Å²) < 4.78 is 5.51. The highest BCUT2D eigenvalue weighted by Gasteiger charge is 2.11. The van der Waals surface area contributed by atoms with Crippen LogP contribution in [-0.2, 0) is 4.79 Å². The molecule has 1 amide bonds. The van der Waals surface area contributed by atoms with E-state index in [-0.39, 0.29) is 18.6 Å². The van der Waals surface area contributed by atoms with E-state index in [1.165, 1.54) is 11.1 Å². The standard InChI is InChI=1S/C19H22ClNO2/c1-12-5-6-16(9-13(12)2)15(4)21-19(22)11-23-17-7-8-18(20)14(3)10-17/h5-10,15H,11H2,1-4H3,(H,21,22)/t15-/m1/s1. The third kappa shape index (κ3) is 4.73. The van der Waals surface area contributed by atoms with Gasteiger partial charge in [0.1, 0.15) is 5.75 Å². The first kappa shape index (κ1) is 17.4. The zero-order valence-electron chi connectivity index (χ0n) is 13.9. The largest absolute Gasteiger partial charge is 0.484 e. The molecule has 0 aliphatic carbocycles. The van der Waals surface area contributed by atoms with Crippen LogP contribution in [0.25, 0.3) is 0 Å². The fraction of sp³-hybridized carbons (Fsp3) is 0.316. The molecule has 0 saturated heterocycles. The minimum absolute atomic E-state index is 0.0176. The summed E-state index contributed by atoms with van der Waals surface area (Å²) in [5, 5.41) is 3.63. The lowest BCUT2D eigenvalue weighted by atomic mass is 10.0. The maximum atomic E-state index is 12.0. The Bertz CT molecular complexity index is 713. The number of nitrogens with one attached hydrogen (secondary N) is 1. The summed E-state index contributed by atoms with van der Waals surface area (Å²) in [7, 11) is 0. The van der Waals surface area contributed by atoms with E-state index in [2.05, 4.69) is 31.3 Å². The van der Waals surface area contributed by atoms with Crippen LogP contribution in [0.4, 0.5) is 0 Å². The van der Waals surface area contributed by atoms with Crippen molar-refractivity contribution in [1.82, 2.24) is 5.32 Å². The monoisotopic (exact) mass is 331 g/mol. The third-order valence-electron chi connectivity index (χ3n) is 3.91. The Hall–Kier alpha value is -2.00. The van der Waals surface area contributed by atoms with Gasteiger partial charge in [-0.3, -0.25) is 4.79 Å². The molecule has 2 aromatic rings. The fourth-order valence-corrected chi connectivity index (χ4v) is 2.37. The molecule has 0 spiro atoms. The van der Waals surface area contributed by atoms with Gasteiger partial charge in [0.05, 0.1) is 6.04 Å². The number of rotatable bonds is 5. The Morgan fingerprint density at radius 2 is 1.83 bits per heavy atom. The number of ether oxygens (including phenoxy) is 1. The van der Waals surface area contributed by atoms with Gasteiger partial charge in [-0.2, -0.15) is 0 Å². The number of amides is 1. The summed E-state index contributed by atoms with van der Waals surface area (Å²) in [6.07, 6.45) is 0. The lowest BCUT2D eigenvalue weighted by Crippen LogP contribution is -2.31. The van der Waals surface area contributed by atoms with Gasteiger partial charge in [0.25, 0.3) is 5.91 Å². The lowest BCUT2D eigenvalue weighted by molar-refractivity contribution is -0.123. The molecule has 0 heterocycles. The van der Waals surface area contributed by atoms with Crippen molar-refractivity contribution < 1.29 is 9.53 Å². The summed E-state index contributed by atoms with van der Waals surface area (Å²) >= 11 is 5.97. The number of halogens is 1. The first-order valence-electron chi connectivity index (χ1n) is 7.62. The molecule has 0 bridgehead atoms. The molecule has 0 aliphatic heterocycles. The van der Waals surface area contributed by atoms with E-state index in [1.807, 2.05) is 26.0 Å². The minimum Gasteiger partial charge on any atom is -0.484 e. The maximum absolute atomic E-state index is 12.0.